The number of aryl methyl sites for hydroxylation is 2. The monoisotopic (exact) mass is 292 g/mol. The standard InChI is InChI=1S/C15H17ClN2O2/c1-4-5-18-14(13(20-3)9-17-18)15(19)11-6-10(2)7-12(16)8-11/h6-9H,4-5H2,1-3H3. The molecule has 2 rings (SSSR count). The molecule has 2 aromatic rings. The summed E-state index contributed by atoms with van der Waals surface area (Å²) in [5.41, 5.74) is 1.96. The van der Waals surface area contributed by atoms with Gasteiger partial charge in [-0.1, -0.05) is 18.5 Å². The van der Waals surface area contributed by atoms with E-state index in [9.17, 15) is 4.79 Å². The van der Waals surface area contributed by atoms with E-state index in [0.717, 1.165) is 12.0 Å². The SMILES string of the molecule is CCCn1ncc(OC)c1C(=O)c1cc(C)cc(Cl)c1. The molecule has 0 aliphatic carbocycles. The highest BCUT2D eigenvalue weighted by Crippen LogP contribution is 2.24. The molecule has 0 saturated heterocycles. The molecule has 1 heterocycles. The first-order chi connectivity index (χ1) is 9.56. The van der Waals surface area contributed by atoms with Gasteiger partial charge in [-0.2, -0.15) is 5.10 Å². The third kappa shape index (κ3) is 2.85. The number of benzene rings is 1. The lowest BCUT2D eigenvalue weighted by Gasteiger charge is -2.08. The summed E-state index contributed by atoms with van der Waals surface area (Å²) in [6, 6.07) is 5.30. The average Bonchev–Trinajstić information content (AvgIpc) is 2.80. The van der Waals surface area contributed by atoms with E-state index >= 15 is 0 Å². The Balaban J connectivity index is 2.49. The van der Waals surface area contributed by atoms with E-state index in [1.54, 1.807) is 16.9 Å². The highest BCUT2D eigenvalue weighted by Gasteiger charge is 2.21. The molecule has 0 saturated carbocycles. The minimum absolute atomic E-state index is 0.126. The first-order valence-corrected chi connectivity index (χ1v) is 6.86. The molecule has 1 aromatic heterocycles. The number of hydrogen-bond acceptors (Lipinski definition) is 3. The molecule has 0 N–H and O–H groups in total. The average molecular weight is 293 g/mol. The number of nitrogens with zero attached hydrogens (tertiary/aromatic N) is 2. The lowest BCUT2D eigenvalue weighted by Crippen LogP contribution is -2.12. The molecule has 0 aliphatic rings. The van der Waals surface area contributed by atoms with E-state index in [0.29, 0.717) is 28.6 Å². The van der Waals surface area contributed by atoms with Crippen LogP contribution in [-0.2, 0) is 6.54 Å². The third-order valence-electron chi connectivity index (χ3n) is 2.98. The molecule has 0 atom stereocenters. The van der Waals surface area contributed by atoms with Gasteiger partial charge >= 0.3 is 0 Å². The van der Waals surface area contributed by atoms with E-state index in [2.05, 4.69) is 5.10 Å². The van der Waals surface area contributed by atoms with E-state index in [4.69, 9.17) is 16.3 Å². The molecule has 0 radical (unpaired) electrons. The predicted molar refractivity (Wildman–Crippen MR) is 78.7 cm³/mol. The molecular weight excluding hydrogens is 276 g/mol. The number of hydrogen-bond donors (Lipinski definition) is 0. The Morgan fingerprint density at radius 1 is 1.40 bits per heavy atom. The van der Waals surface area contributed by atoms with Crippen LogP contribution in [0.3, 0.4) is 0 Å². The number of carbonyl (C=O) groups excluding carboxylic acids is 1. The number of ketones is 1. The van der Waals surface area contributed by atoms with Crippen LogP contribution < -0.4 is 4.74 Å². The van der Waals surface area contributed by atoms with Crippen LogP contribution in [0, 0.1) is 6.92 Å². The molecule has 1 aromatic carbocycles. The fourth-order valence-electron chi connectivity index (χ4n) is 2.13. The van der Waals surface area contributed by atoms with Crippen LogP contribution in [0.15, 0.2) is 24.4 Å². The largest absolute Gasteiger partial charge is 0.493 e. The van der Waals surface area contributed by atoms with Gasteiger partial charge in [-0.25, -0.2) is 0 Å². The minimum Gasteiger partial charge on any atom is -0.493 e. The first-order valence-electron chi connectivity index (χ1n) is 6.48. The van der Waals surface area contributed by atoms with E-state index in [1.807, 2.05) is 26.0 Å². The number of halogens is 1. The summed E-state index contributed by atoms with van der Waals surface area (Å²) in [6.07, 6.45) is 2.46. The zero-order valence-corrected chi connectivity index (χ0v) is 12.6. The summed E-state index contributed by atoms with van der Waals surface area (Å²) in [4.78, 5) is 12.7. The summed E-state index contributed by atoms with van der Waals surface area (Å²) in [5, 5.41) is 4.76. The number of ether oxygens (including phenoxy) is 1. The fraction of sp³-hybridized carbons (Fsp3) is 0.333. The minimum atomic E-state index is -0.126. The Hall–Kier alpha value is -1.81. The van der Waals surface area contributed by atoms with Crippen LogP contribution in [0.25, 0.3) is 0 Å². The van der Waals surface area contributed by atoms with Gasteiger partial charge in [-0.05, 0) is 37.1 Å². The molecule has 106 valence electrons. The van der Waals surface area contributed by atoms with Crippen LogP contribution >= 0.6 is 11.6 Å². The Kier molecular flexibility index (Phi) is 4.45. The van der Waals surface area contributed by atoms with Crippen molar-refractivity contribution in [3.8, 4) is 5.75 Å². The quantitative estimate of drug-likeness (QED) is 0.792. The molecule has 0 unspecified atom stereocenters. The summed E-state index contributed by atoms with van der Waals surface area (Å²) >= 11 is 6.02. The maximum absolute atomic E-state index is 12.7. The summed E-state index contributed by atoms with van der Waals surface area (Å²) < 4.78 is 6.92. The highest BCUT2D eigenvalue weighted by atomic mass is 35.5. The van der Waals surface area contributed by atoms with E-state index in [1.165, 1.54) is 7.11 Å². The van der Waals surface area contributed by atoms with Crippen LogP contribution in [-0.4, -0.2) is 22.7 Å². The summed E-state index contributed by atoms with van der Waals surface area (Å²) in [7, 11) is 1.54. The maximum Gasteiger partial charge on any atom is 0.214 e. The number of rotatable bonds is 5. The van der Waals surface area contributed by atoms with Gasteiger partial charge in [-0.15, -0.1) is 0 Å². The number of aromatic nitrogens is 2. The van der Waals surface area contributed by atoms with Crippen molar-refractivity contribution in [2.24, 2.45) is 0 Å². The van der Waals surface area contributed by atoms with Crippen molar-refractivity contribution in [2.75, 3.05) is 7.11 Å². The van der Waals surface area contributed by atoms with Crippen molar-refractivity contribution in [1.82, 2.24) is 9.78 Å². The summed E-state index contributed by atoms with van der Waals surface area (Å²) in [5.74, 6) is 0.361. The van der Waals surface area contributed by atoms with Gasteiger partial charge in [0.05, 0.1) is 13.3 Å². The van der Waals surface area contributed by atoms with Gasteiger partial charge in [-0.3, -0.25) is 9.48 Å². The number of methoxy groups -OCH3 is 1. The van der Waals surface area contributed by atoms with Gasteiger partial charge in [0.1, 0.15) is 0 Å². The second-order valence-corrected chi connectivity index (χ2v) is 5.07. The molecule has 0 fully saturated rings. The van der Waals surface area contributed by atoms with Crippen molar-refractivity contribution in [1.29, 1.82) is 0 Å². The van der Waals surface area contributed by atoms with Crippen LogP contribution in [0.4, 0.5) is 0 Å². The van der Waals surface area contributed by atoms with Gasteiger partial charge in [0, 0.05) is 17.1 Å². The van der Waals surface area contributed by atoms with Crippen LogP contribution in [0.5, 0.6) is 5.75 Å². The zero-order chi connectivity index (χ0) is 14.7. The van der Waals surface area contributed by atoms with Gasteiger partial charge in [0.25, 0.3) is 0 Å². The second-order valence-electron chi connectivity index (χ2n) is 4.63. The van der Waals surface area contributed by atoms with Gasteiger partial charge in [0.2, 0.25) is 5.78 Å². The van der Waals surface area contributed by atoms with Crippen molar-refractivity contribution in [3.63, 3.8) is 0 Å². The van der Waals surface area contributed by atoms with E-state index in [-0.39, 0.29) is 5.78 Å². The zero-order valence-electron chi connectivity index (χ0n) is 11.8. The third-order valence-corrected chi connectivity index (χ3v) is 3.20. The lowest BCUT2D eigenvalue weighted by molar-refractivity contribution is 0.102. The van der Waals surface area contributed by atoms with Crippen LogP contribution in [0.2, 0.25) is 5.02 Å². The highest BCUT2D eigenvalue weighted by molar-refractivity contribution is 6.31. The van der Waals surface area contributed by atoms with Gasteiger partial charge < -0.3 is 4.74 Å². The molecule has 5 heteroatoms. The second kappa shape index (κ2) is 6.09. The Bertz CT molecular complexity index is 615. The fourth-order valence-corrected chi connectivity index (χ4v) is 2.42. The summed E-state index contributed by atoms with van der Waals surface area (Å²) in [6.45, 7) is 4.61. The Morgan fingerprint density at radius 3 is 2.75 bits per heavy atom. The molecule has 0 spiro atoms. The molecule has 4 nitrogen and oxygen atoms in total. The van der Waals surface area contributed by atoms with Crippen molar-refractivity contribution in [3.05, 3.63) is 46.2 Å². The van der Waals surface area contributed by atoms with Crippen LogP contribution in [0.1, 0.15) is 35.0 Å². The van der Waals surface area contributed by atoms with Gasteiger partial charge in [0.15, 0.2) is 11.4 Å². The van der Waals surface area contributed by atoms with Crippen molar-refractivity contribution >= 4 is 17.4 Å². The molecule has 0 aliphatic heterocycles. The topological polar surface area (TPSA) is 44.1 Å². The maximum atomic E-state index is 12.7. The smallest absolute Gasteiger partial charge is 0.214 e. The van der Waals surface area contributed by atoms with Crippen molar-refractivity contribution in [2.45, 2.75) is 26.8 Å². The van der Waals surface area contributed by atoms with E-state index < -0.39 is 0 Å². The molecular formula is C15H17ClN2O2. The molecule has 0 amide bonds. The predicted octanol–water partition coefficient (Wildman–Crippen LogP) is 3.49. The Labute approximate surface area is 123 Å². The Morgan fingerprint density at radius 2 is 2.15 bits per heavy atom. The number of carbonyl (C=O) groups is 1. The lowest BCUT2D eigenvalue weighted by atomic mass is 10.1. The van der Waals surface area contributed by atoms with Crippen molar-refractivity contribution < 1.29 is 9.53 Å². The molecule has 0 bridgehead atoms. The first kappa shape index (κ1) is 14.6. The normalized spacial score (nSPS) is 10.6. The molecule has 20 heavy (non-hydrogen) atoms.